The molecule has 1 aliphatic carbocycles. The van der Waals surface area contributed by atoms with Crippen LogP contribution in [0.5, 0.6) is 0 Å². The van der Waals surface area contributed by atoms with Crippen molar-refractivity contribution in [3.63, 3.8) is 0 Å². The summed E-state index contributed by atoms with van der Waals surface area (Å²) < 4.78 is 18.2. The Hall–Kier alpha value is -1.18. The number of nitrogens with zero attached hydrogens (tertiary/aromatic N) is 2. The van der Waals surface area contributed by atoms with Gasteiger partial charge in [0.1, 0.15) is 5.60 Å². The summed E-state index contributed by atoms with van der Waals surface area (Å²) in [6, 6.07) is 0.461. The Bertz CT molecular complexity index is 639. The normalized spacial score (nSPS) is 31.9. The van der Waals surface area contributed by atoms with Gasteiger partial charge in [0, 0.05) is 25.2 Å². The van der Waals surface area contributed by atoms with Crippen LogP contribution in [0, 0.1) is 5.92 Å². The molecule has 2 saturated heterocycles. The minimum atomic E-state index is -1.21. The highest BCUT2D eigenvalue weighted by Crippen LogP contribution is 2.41. The molecule has 1 unspecified atom stereocenters. The van der Waals surface area contributed by atoms with Gasteiger partial charge in [-0.05, 0) is 92.9 Å². The maximum Gasteiger partial charge on any atom is 0.371 e. The Balaban J connectivity index is 1.89. The van der Waals surface area contributed by atoms with Crippen LogP contribution in [0.25, 0.3) is 0 Å². The summed E-state index contributed by atoms with van der Waals surface area (Å²) in [6.45, 7) is 14.1. The number of hydrogen-bond acceptors (Lipinski definition) is 7. The average molecular weight is 453 g/mol. The number of hydrogen-bond donors (Lipinski definition) is 0. The molecule has 3 atom stereocenters. The molecule has 3 rings (SSSR count). The topological polar surface area (TPSA) is 68.3 Å². The van der Waals surface area contributed by atoms with Crippen molar-refractivity contribution in [2.75, 3.05) is 19.7 Å². The van der Waals surface area contributed by atoms with Gasteiger partial charge in [-0.2, -0.15) is 0 Å². The molecule has 0 amide bonds. The van der Waals surface area contributed by atoms with Gasteiger partial charge in [0.2, 0.25) is 0 Å². The van der Waals surface area contributed by atoms with Gasteiger partial charge in [-0.1, -0.05) is 0 Å². The first-order valence-corrected chi connectivity index (χ1v) is 12.7. The van der Waals surface area contributed by atoms with Gasteiger partial charge in [-0.15, -0.1) is 0 Å². The third-order valence-electron chi connectivity index (χ3n) is 7.13. The van der Waals surface area contributed by atoms with Crippen LogP contribution in [0.1, 0.15) is 92.9 Å². The Morgan fingerprint density at radius 1 is 0.906 bits per heavy atom. The van der Waals surface area contributed by atoms with Crippen molar-refractivity contribution in [2.45, 2.75) is 123 Å². The standard InChI is InChI=1S/C25H44N2O5/c1-7-30-22(28)20-12-14-21(15-13-20)31-25(26-16-8-9-17-26,23(29)32-24(4,5)6)27-18(2)10-11-19(27)3/h18-21H,7-17H2,1-6H3/t18-,19+,20?,21?,25?. The van der Waals surface area contributed by atoms with E-state index in [1.807, 2.05) is 27.7 Å². The van der Waals surface area contributed by atoms with Crippen molar-refractivity contribution in [1.29, 1.82) is 0 Å². The van der Waals surface area contributed by atoms with Gasteiger partial charge >= 0.3 is 11.9 Å². The summed E-state index contributed by atoms with van der Waals surface area (Å²) in [5.74, 6) is -1.67. The van der Waals surface area contributed by atoms with Crippen LogP contribution in [0.15, 0.2) is 0 Å². The predicted molar refractivity (Wildman–Crippen MR) is 123 cm³/mol. The summed E-state index contributed by atoms with van der Waals surface area (Å²) in [5.41, 5.74) is -0.598. The molecule has 2 heterocycles. The molecule has 0 bridgehead atoms. The summed E-state index contributed by atoms with van der Waals surface area (Å²) in [4.78, 5) is 30.7. The molecular formula is C25H44N2O5. The number of esters is 2. The van der Waals surface area contributed by atoms with Crippen LogP contribution >= 0.6 is 0 Å². The highest BCUT2D eigenvalue weighted by atomic mass is 16.6. The van der Waals surface area contributed by atoms with Crippen LogP contribution in [-0.4, -0.2) is 71.1 Å². The molecule has 0 aromatic heterocycles. The molecule has 3 aliphatic rings. The second kappa shape index (κ2) is 10.4. The van der Waals surface area contributed by atoms with Crippen LogP contribution in [0.3, 0.4) is 0 Å². The molecule has 184 valence electrons. The fourth-order valence-electron chi connectivity index (χ4n) is 5.65. The molecule has 2 aliphatic heterocycles. The monoisotopic (exact) mass is 452 g/mol. The van der Waals surface area contributed by atoms with Crippen LogP contribution in [0.2, 0.25) is 0 Å². The number of carbonyl (C=O) groups excluding carboxylic acids is 2. The third kappa shape index (κ3) is 5.48. The first-order valence-electron chi connectivity index (χ1n) is 12.7. The Kier molecular flexibility index (Phi) is 8.26. The molecule has 3 fully saturated rings. The van der Waals surface area contributed by atoms with Crippen molar-refractivity contribution in [3.05, 3.63) is 0 Å². The quantitative estimate of drug-likeness (QED) is 0.539. The lowest BCUT2D eigenvalue weighted by Gasteiger charge is -2.51. The molecule has 7 nitrogen and oxygen atoms in total. The lowest BCUT2D eigenvalue weighted by atomic mass is 9.87. The summed E-state index contributed by atoms with van der Waals surface area (Å²) >= 11 is 0. The van der Waals surface area contributed by atoms with Crippen LogP contribution < -0.4 is 0 Å². The fraction of sp³-hybridized carbons (Fsp3) is 0.920. The van der Waals surface area contributed by atoms with Gasteiger partial charge < -0.3 is 14.2 Å². The number of rotatable bonds is 7. The summed E-state index contributed by atoms with van der Waals surface area (Å²) in [7, 11) is 0. The minimum Gasteiger partial charge on any atom is -0.466 e. The molecule has 0 radical (unpaired) electrons. The van der Waals surface area contributed by atoms with Crippen molar-refractivity contribution in [2.24, 2.45) is 5.92 Å². The van der Waals surface area contributed by atoms with Gasteiger partial charge in [0.15, 0.2) is 0 Å². The summed E-state index contributed by atoms with van der Waals surface area (Å²) in [5, 5.41) is 0. The predicted octanol–water partition coefficient (Wildman–Crippen LogP) is 4.09. The van der Waals surface area contributed by atoms with Gasteiger partial charge in [0.25, 0.3) is 5.85 Å². The van der Waals surface area contributed by atoms with E-state index >= 15 is 0 Å². The second-order valence-electron chi connectivity index (χ2n) is 10.8. The maximum atomic E-state index is 14.0. The Morgan fingerprint density at radius 2 is 1.47 bits per heavy atom. The van der Waals surface area contributed by atoms with Crippen LogP contribution in [-0.2, 0) is 23.8 Å². The molecule has 32 heavy (non-hydrogen) atoms. The minimum absolute atomic E-state index is 0.0675. The van der Waals surface area contributed by atoms with E-state index in [4.69, 9.17) is 14.2 Å². The molecule has 0 N–H and O–H groups in total. The molecule has 0 spiro atoms. The van der Waals surface area contributed by atoms with Crippen LogP contribution in [0.4, 0.5) is 0 Å². The molecule has 0 aromatic carbocycles. The van der Waals surface area contributed by atoms with E-state index in [0.717, 1.165) is 64.5 Å². The zero-order valence-corrected chi connectivity index (χ0v) is 21.0. The van der Waals surface area contributed by atoms with Gasteiger partial charge in [-0.3, -0.25) is 9.69 Å². The largest absolute Gasteiger partial charge is 0.466 e. The van der Waals surface area contributed by atoms with Crippen molar-refractivity contribution >= 4 is 11.9 Å². The number of carbonyl (C=O) groups is 2. The maximum absolute atomic E-state index is 14.0. The van der Waals surface area contributed by atoms with E-state index in [1.54, 1.807) is 0 Å². The van der Waals surface area contributed by atoms with E-state index in [2.05, 4.69) is 23.6 Å². The fourth-order valence-corrected chi connectivity index (χ4v) is 5.65. The summed E-state index contributed by atoms with van der Waals surface area (Å²) in [6.07, 6.45) is 7.07. The lowest BCUT2D eigenvalue weighted by Crippen LogP contribution is -2.70. The second-order valence-corrected chi connectivity index (χ2v) is 10.8. The van der Waals surface area contributed by atoms with E-state index in [-0.39, 0.29) is 36.0 Å². The zero-order valence-electron chi connectivity index (χ0n) is 21.0. The van der Waals surface area contributed by atoms with E-state index in [9.17, 15) is 9.59 Å². The lowest BCUT2D eigenvalue weighted by molar-refractivity contribution is -0.285. The van der Waals surface area contributed by atoms with Crippen molar-refractivity contribution in [3.8, 4) is 0 Å². The van der Waals surface area contributed by atoms with Crippen molar-refractivity contribution in [1.82, 2.24) is 9.80 Å². The highest BCUT2D eigenvalue weighted by Gasteiger charge is 2.59. The molecule has 0 aromatic rings. The molecule has 1 saturated carbocycles. The highest BCUT2D eigenvalue weighted by molar-refractivity contribution is 5.79. The van der Waals surface area contributed by atoms with E-state index in [1.165, 1.54) is 0 Å². The molecular weight excluding hydrogens is 408 g/mol. The average Bonchev–Trinajstić information content (AvgIpc) is 3.36. The zero-order chi connectivity index (χ0) is 23.5. The van der Waals surface area contributed by atoms with E-state index in [0.29, 0.717) is 6.61 Å². The number of likely N-dealkylation sites (tertiary alicyclic amines) is 2. The first-order chi connectivity index (χ1) is 15.1. The number of ether oxygens (including phenoxy) is 3. The Labute approximate surface area is 194 Å². The SMILES string of the molecule is CCOC(=O)C1CCC(OC(C(=O)OC(C)(C)C)(N2CCCC2)N2[C@H](C)CC[C@@H]2C)CC1. The Morgan fingerprint density at radius 3 is 1.97 bits per heavy atom. The molecule has 7 heteroatoms. The first kappa shape index (κ1) is 25.4. The third-order valence-corrected chi connectivity index (χ3v) is 7.13. The van der Waals surface area contributed by atoms with Crippen molar-refractivity contribution < 1.29 is 23.8 Å². The van der Waals surface area contributed by atoms with Gasteiger partial charge in [0.05, 0.1) is 18.6 Å². The van der Waals surface area contributed by atoms with Gasteiger partial charge in [-0.25, -0.2) is 9.69 Å². The van der Waals surface area contributed by atoms with E-state index < -0.39 is 11.4 Å². The smallest absolute Gasteiger partial charge is 0.371 e.